The van der Waals surface area contributed by atoms with E-state index < -0.39 is 0 Å². The van der Waals surface area contributed by atoms with E-state index in [9.17, 15) is 4.79 Å². The molecule has 0 unspecified atom stereocenters. The fraction of sp³-hybridized carbons (Fsp3) is 0.182. The average molecular weight is 414 g/mol. The minimum atomic E-state index is -0.178. The molecule has 1 aliphatic carbocycles. The topological polar surface area (TPSA) is 122 Å². The summed E-state index contributed by atoms with van der Waals surface area (Å²) in [6.07, 6.45) is 4.03. The second-order valence-corrected chi connectivity index (χ2v) is 7.54. The Morgan fingerprint density at radius 1 is 1.06 bits per heavy atom. The molecule has 3 aromatic heterocycles. The van der Waals surface area contributed by atoms with Crippen LogP contribution in [0.2, 0.25) is 0 Å². The average Bonchev–Trinajstić information content (AvgIpc) is 3.46. The molecule has 1 aliphatic rings. The van der Waals surface area contributed by atoms with Crippen LogP contribution >= 0.6 is 0 Å². The third-order valence-corrected chi connectivity index (χ3v) is 4.95. The van der Waals surface area contributed by atoms with E-state index in [1.807, 2.05) is 53.1 Å². The Morgan fingerprint density at radius 2 is 1.84 bits per heavy atom. The standard InChI is InChI=1S/C22H22N8O/c1-13-24-17(12-18(23)25-13)20-21(29-19-4-2-3-11-30(19)20)26-14-5-7-15(8-6-14)27-22(31)28-16-9-10-16/h2-8,11-12,16,26H,9-10H2,1H3,(H2,23,24,25)(H2,27,28,31). The summed E-state index contributed by atoms with van der Waals surface area (Å²) in [4.78, 5) is 25.4. The molecule has 3 heterocycles. The fourth-order valence-corrected chi connectivity index (χ4v) is 3.39. The Balaban J connectivity index is 1.44. The van der Waals surface area contributed by atoms with Gasteiger partial charge in [0.05, 0.1) is 5.69 Å². The molecule has 5 N–H and O–H groups in total. The van der Waals surface area contributed by atoms with Crippen molar-refractivity contribution in [2.45, 2.75) is 25.8 Å². The summed E-state index contributed by atoms with van der Waals surface area (Å²) < 4.78 is 1.96. The highest BCUT2D eigenvalue weighted by molar-refractivity contribution is 5.90. The number of imidazole rings is 1. The number of nitrogen functional groups attached to an aromatic ring is 1. The third kappa shape index (κ3) is 4.11. The van der Waals surface area contributed by atoms with Gasteiger partial charge in [-0.15, -0.1) is 0 Å². The quantitative estimate of drug-likeness (QED) is 0.395. The monoisotopic (exact) mass is 414 g/mol. The third-order valence-electron chi connectivity index (χ3n) is 4.95. The van der Waals surface area contributed by atoms with Gasteiger partial charge in [-0.05, 0) is 56.2 Å². The van der Waals surface area contributed by atoms with Gasteiger partial charge in [-0.2, -0.15) is 0 Å². The van der Waals surface area contributed by atoms with E-state index in [0.717, 1.165) is 35.6 Å². The summed E-state index contributed by atoms with van der Waals surface area (Å²) in [6, 6.07) is 15.1. The van der Waals surface area contributed by atoms with Crippen molar-refractivity contribution in [3.05, 3.63) is 60.6 Å². The Hall–Kier alpha value is -4.14. The van der Waals surface area contributed by atoms with Crippen molar-refractivity contribution >= 4 is 34.7 Å². The van der Waals surface area contributed by atoms with Crippen molar-refractivity contribution in [2.24, 2.45) is 0 Å². The highest BCUT2D eigenvalue weighted by atomic mass is 16.2. The van der Waals surface area contributed by atoms with Crippen LogP contribution in [0.1, 0.15) is 18.7 Å². The number of nitrogens with zero attached hydrogens (tertiary/aromatic N) is 4. The van der Waals surface area contributed by atoms with Crippen LogP contribution in [-0.2, 0) is 0 Å². The molecule has 5 rings (SSSR count). The lowest BCUT2D eigenvalue weighted by Crippen LogP contribution is -2.30. The van der Waals surface area contributed by atoms with E-state index in [2.05, 4.69) is 25.9 Å². The number of rotatable bonds is 5. The number of fused-ring (bicyclic) bond motifs is 1. The predicted molar refractivity (Wildman–Crippen MR) is 120 cm³/mol. The van der Waals surface area contributed by atoms with Crippen molar-refractivity contribution in [1.29, 1.82) is 0 Å². The van der Waals surface area contributed by atoms with Crippen LogP contribution in [-0.4, -0.2) is 31.4 Å². The molecule has 9 nitrogen and oxygen atoms in total. The largest absolute Gasteiger partial charge is 0.384 e. The van der Waals surface area contributed by atoms with Crippen molar-refractivity contribution < 1.29 is 4.79 Å². The minimum absolute atomic E-state index is 0.178. The van der Waals surface area contributed by atoms with Gasteiger partial charge in [0.1, 0.15) is 23.0 Å². The number of nitrogens with two attached hydrogens (primary N) is 1. The molecule has 156 valence electrons. The number of anilines is 4. The van der Waals surface area contributed by atoms with Crippen molar-refractivity contribution in [1.82, 2.24) is 24.7 Å². The molecule has 0 spiro atoms. The molecule has 1 fully saturated rings. The Morgan fingerprint density at radius 3 is 2.58 bits per heavy atom. The first-order valence-electron chi connectivity index (χ1n) is 10.1. The zero-order valence-corrected chi connectivity index (χ0v) is 17.0. The van der Waals surface area contributed by atoms with Crippen LogP contribution in [0.5, 0.6) is 0 Å². The van der Waals surface area contributed by atoms with Gasteiger partial charge < -0.3 is 21.7 Å². The van der Waals surface area contributed by atoms with Gasteiger partial charge in [0.25, 0.3) is 0 Å². The van der Waals surface area contributed by atoms with Gasteiger partial charge >= 0.3 is 6.03 Å². The summed E-state index contributed by atoms with van der Waals surface area (Å²) in [5.41, 5.74) is 9.77. The number of urea groups is 1. The minimum Gasteiger partial charge on any atom is -0.384 e. The Kier molecular flexibility index (Phi) is 4.62. The first kappa shape index (κ1) is 18.9. The molecule has 1 aromatic carbocycles. The van der Waals surface area contributed by atoms with Crippen molar-refractivity contribution in [2.75, 3.05) is 16.4 Å². The second-order valence-electron chi connectivity index (χ2n) is 7.54. The van der Waals surface area contributed by atoms with E-state index >= 15 is 0 Å². The van der Waals surface area contributed by atoms with Crippen LogP contribution in [0, 0.1) is 6.92 Å². The van der Waals surface area contributed by atoms with Gasteiger partial charge in [0.2, 0.25) is 0 Å². The molecule has 1 saturated carbocycles. The predicted octanol–water partition coefficient (Wildman–Crippen LogP) is 3.71. The summed E-state index contributed by atoms with van der Waals surface area (Å²) in [7, 11) is 0. The number of benzene rings is 1. The van der Waals surface area contributed by atoms with Crippen LogP contribution in [0.4, 0.5) is 27.8 Å². The van der Waals surface area contributed by atoms with Gasteiger partial charge in [-0.1, -0.05) is 6.07 Å². The number of amides is 2. The van der Waals surface area contributed by atoms with E-state index in [1.165, 1.54) is 0 Å². The molecule has 0 saturated heterocycles. The first-order chi connectivity index (χ1) is 15.0. The molecule has 31 heavy (non-hydrogen) atoms. The lowest BCUT2D eigenvalue weighted by Gasteiger charge is -2.10. The molecule has 4 aromatic rings. The second kappa shape index (κ2) is 7.60. The zero-order valence-electron chi connectivity index (χ0n) is 17.0. The molecule has 0 atom stereocenters. The number of carbonyl (C=O) groups is 1. The zero-order chi connectivity index (χ0) is 21.4. The molecular formula is C22H22N8O. The van der Waals surface area contributed by atoms with Gasteiger partial charge in [0, 0.05) is 29.7 Å². The molecule has 0 radical (unpaired) electrons. The number of carbonyl (C=O) groups excluding carboxylic acids is 1. The van der Waals surface area contributed by atoms with Crippen molar-refractivity contribution in [3.63, 3.8) is 0 Å². The maximum Gasteiger partial charge on any atom is 0.319 e. The number of nitrogens with one attached hydrogen (secondary N) is 3. The van der Waals surface area contributed by atoms with E-state index in [1.54, 1.807) is 13.0 Å². The summed E-state index contributed by atoms with van der Waals surface area (Å²) in [5.74, 6) is 1.64. The van der Waals surface area contributed by atoms with Crippen LogP contribution in [0.3, 0.4) is 0 Å². The highest BCUT2D eigenvalue weighted by Crippen LogP contribution is 2.31. The van der Waals surface area contributed by atoms with Gasteiger partial charge in [-0.25, -0.2) is 19.7 Å². The van der Waals surface area contributed by atoms with Crippen LogP contribution in [0.25, 0.3) is 17.0 Å². The van der Waals surface area contributed by atoms with Crippen LogP contribution < -0.4 is 21.7 Å². The number of aryl methyl sites for hydroxylation is 1. The molecule has 9 heteroatoms. The van der Waals surface area contributed by atoms with Gasteiger partial charge in [0.15, 0.2) is 5.82 Å². The Bertz CT molecular complexity index is 1240. The van der Waals surface area contributed by atoms with Crippen molar-refractivity contribution in [3.8, 4) is 11.4 Å². The highest BCUT2D eigenvalue weighted by Gasteiger charge is 2.23. The maximum absolute atomic E-state index is 11.9. The number of hydrogen-bond donors (Lipinski definition) is 4. The smallest absolute Gasteiger partial charge is 0.319 e. The van der Waals surface area contributed by atoms with E-state index in [-0.39, 0.29) is 6.03 Å². The number of hydrogen-bond acceptors (Lipinski definition) is 6. The molecule has 0 aliphatic heterocycles. The lowest BCUT2D eigenvalue weighted by atomic mass is 10.2. The summed E-state index contributed by atoms with van der Waals surface area (Å²) in [6.45, 7) is 1.81. The molecular weight excluding hydrogens is 392 g/mol. The SMILES string of the molecule is Cc1nc(N)cc(-c2c(Nc3ccc(NC(=O)NC4CC4)cc3)nc3ccccn23)n1. The van der Waals surface area contributed by atoms with E-state index in [0.29, 0.717) is 29.2 Å². The van der Waals surface area contributed by atoms with Crippen LogP contribution in [0.15, 0.2) is 54.7 Å². The lowest BCUT2D eigenvalue weighted by molar-refractivity contribution is 0.251. The van der Waals surface area contributed by atoms with Gasteiger partial charge in [-0.3, -0.25) is 4.40 Å². The first-order valence-corrected chi connectivity index (χ1v) is 10.1. The normalized spacial score (nSPS) is 13.2. The summed E-state index contributed by atoms with van der Waals surface area (Å²) >= 11 is 0. The molecule has 2 amide bonds. The van der Waals surface area contributed by atoms with E-state index in [4.69, 9.17) is 10.7 Å². The molecule has 0 bridgehead atoms. The number of aromatic nitrogens is 4. The summed E-state index contributed by atoms with van der Waals surface area (Å²) in [5, 5.41) is 9.11. The maximum atomic E-state index is 11.9. The Labute approximate surface area is 178 Å². The number of pyridine rings is 1. The fourth-order valence-electron chi connectivity index (χ4n) is 3.39.